The largest absolute Gasteiger partial charge is 0.480 e. The highest BCUT2D eigenvalue weighted by molar-refractivity contribution is 7.12. The highest BCUT2D eigenvalue weighted by atomic mass is 32.1. The molecule has 0 radical (unpaired) electrons. The van der Waals surface area contributed by atoms with Gasteiger partial charge in [-0.3, -0.25) is 9.59 Å². The number of carbonyl (C=O) groups is 2. The van der Waals surface area contributed by atoms with E-state index < -0.39 is 5.97 Å². The van der Waals surface area contributed by atoms with Crippen molar-refractivity contribution in [2.24, 2.45) is 0 Å². The van der Waals surface area contributed by atoms with Crippen LogP contribution in [0.3, 0.4) is 0 Å². The number of aryl methyl sites for hydroxylation is 2. The number of thiazole rings is 1. The summed E-state index contributed by atoms with van der Waals surface area (Å²) in [5.41, 5.74) is 2.95. The lowest BCUT2D eigenvalue weighted by Crippen LogP contribution is -2.46. The molecule has 1 amide bonds. The van der Waals surface area contributed by atoms with E-state index in [9.17, 15) is 14.7 Å². The maximum Gasteiger partial charge on any atom is 0.323 e. The fourth-order valence-corrected chi connectivity index (χ4v) is 4.28. The van der Waals surface area contributed by atoms with Crippen molar-refractivity contribution < 1.29 is 19.4 Å². The Morgan fingerprint density at radius 2 is 1.89 bits per heavy atom. The molecule has 1 aliphatic rings. The monoisotopic (exact) mass is 388 g/mol. The average Bonchev–Trinajstić information content (AvgIpc) is 3.01. The minimum Gasteiger partial charge on any atom is -0.480 e. The molecular formula is C20H24N2O4S. The van der Waals surface area contributed by atoms with Gasteiger partial charge in [0.25, 0.3) is 0 Å². The van der Waals surface area contributed by atoms with E-state index in [2.05, 4.69) is 4.98 Å². The molecular weight excluding hydrogens is 364 g/mol. The smallest absolute Gasteiger partial charge is 0.323 e. The van der Waals surface area contributed by atoms with Gasteiger partial charge in [0.05, 0.1) is 17.1 Å². The zero-order chi connectivity index (χ0) is 19.4. The van der Waals surface area contributed by atoms with Crippen LogP contribution in [0.15, 0.2) is 24.3 Å². The molecule has 6 nitrogen and oxygen atoms in total. The van der Waals surface area contributed by atoms with Gasteiger partial charge in [-0.1, -0.05) is 29.8 Å². The second-order valence-electron chi connectivity index (χ2n) is 6.81. The molecule has 0 atom stereocenters. The highest BCUT2D eigenvalue weighted by Crippen LogP contribution is 2.29. The van der Waals surface area contributed by atoms with Gasteiger partial charge in [0.2, 0.25) is 5.91 Å². The average molecular weight is 388 g/mol. The molecule has 0 aliphatic carbocycles. The van der Waals surface area contributed by atoms with E-state index in [0.717, 1.165) is 26.7 Å². The van der Waals surface area contributed by atoms with Gasteiger partial charge in [-0.25, -0.2) is 4.98 Å². The van der Waals surface area contributed by atoms with E-state index in [1.165, 1.54) is 16.2 Å². The molecule has 2 aromatic rings. The topological polar surface area (TPSA) is 79.7 Å². The number of aromatic nitrogens is 1. The number of hydrogen-bond acceptors (Lipinski definition) is 5. The summed E-state index contributed by atoms with van der Waals surface area (Å²) < 4.78 is 5.35. The summed E-state index contributed by atoms with van der Waals surface area (Å²) >= 11 is 1.49. The molecule has 1 aromatic heterocycles. The van der Waals surface area contributed by atoms with Gasteiger partial charge in [-0.05, 0) is 26.7 Å². The van der Waals surface area contributed by atoms with Crippen LogP contribution in [-0.2, 0) is 20.7 Å². The molecule has 0 saturated carbocycles. The lowest BCUT2D eigenvalue weighted by molar-refractivity contribution is -0.147. The van der Waals surface area contributed by atoms with Gasteiger partial charge in [-0.15, -0.1) is 11.3 Å². The van der Waals surface area contributed by atoms with Crippen LogP contribution in [-0.4, -0.2) is 52.7 Å². The number of aliphatic carboxylic acids is 1. The lowest BCUT2D eigenvalue weighted by Gasteiger charge is -2.33. The number of carbonyl (C=O) groups excluding carboxylic acids is 1. The molecule has 1 aromatic carbocycles. The summed E-state index contributed by atoms with van der Waals surface area (Å²) in [6.45, 7) is 4.79. The van der Waals surface area contributed by atoms with Gasteiger partial charge < -0.3 is 14.7 Å². The van der Waals surface area contributed by atoms with Crippen LogP contribution in [0.25, 0.3) is 11.3 Å². The summed E-state index contributed by atoms with van der Waals surface area (Å²) in [6.07, 6.45) is 1.51. The number of carboxylic acid groups (broad SMARTS) is 1. The van der Waals surface area contributed by atoms with Gasteiger partial charge in [-0.2, -0.15) is 0 Å². The summed E-state index contributed by atoms with van der Waals surface area (Å²) in [7, 11) is 0. The third kappa shape index (κ3) is 4.93. The molecule has 1 fully saturated rings. The van der Waals surface area contributed by atoms with Crippen molar-refractivity contribution in [3.05, 3.63) is 39.7 Å². The van der Waals surface area contributed by atoms with E-state index in [4.69, 9.17) is 4.74 Å². The molecule has 3 rings (SSSR count). The van der Waals surface area contributed by atoms with Crippen LogP contribution in [0.4, 0.5) is 0 Å². The van der Waals surface area contributed by atoms with E-state index in [0.29, 0.717) is 26.1 Å². The molecule has 0 spiro atoms. The number of nitrogens with zero attached hydrogens (tertiary/aromatic N) is 2. The summed E-state index contributed by atoms with van der Waals surface area (Å²) in [5, 5.41) is 10.2. The van der Waals surface area contributed by atoms with Crippen LogP contribution in [0.1, 0.15) is 28.3 Å². The standard InChI is InChI=1S/C20H24N2O4S/c1-13-3-5-15(6-4-13)20-17(27-14(2)21-20)11-18(23)22(12-19(24)25)16-7-9-26-10-8-16/h3-6,16H,7-12H2,1-2H3,(H,24,25). The summed E-state index contributed by atoms with van der Waals surface area (Å²) in [5.74, 6) is -1.16. The number of benzene rings is 1. The van der Waals surface area contributed by atoms with Crippen molar-refractivity contribution >= 4 is 23.2 Å². The predicted octanol–water partition coefficient (Wildman–Crippen LogP) is 3.06. The molecule has 0 unspecified atom stereocenters. The van der Waals surface area contributed by atoms with Gasteiger partial charge in [0.1, 0.15) is 6.54 Å². The molecule has 1 N–H and O–H groups in total. The number of rotatable bonds is 6. The number of carboxylic acids is 1. The van der Waals surface area contributed by atoms with Crippen LogP contribution >= 0.6 is 11.3 Å². The van der Waals surface area contributed by atoms with E-state index in [1.54, 1.807) is 0 Å². The second kappa shape index (κ2) is 8.63. The van der Waals surface area contributed by atoms with Gasteiger partial charge in [0.15, 0.2) is 0 Å². The normalized spacial score (nSPS) is 14.9. The van der Waals surface area contributed by atoms with E-state index in [-0.39, 0.29) is 24.9 Å². The van der Waals surface area contributed by atoms with Crippen LogP contribution < -0.4 is 0 Å². The zero-order valence-corrected chi connectivity index (χ0v) is 16.4. The zero-order valence-electron chi connectivity index (χ0n) is 15.6. The van der Waals surface area contributed by atoms with Gasteiger partial charge >= 0.3 is 5.97 Å². The third-order valence-corrected chi connectivity index (χ3v) is 5.67. The minimum absolute atomic E-state index is 0.0841. The van der Waals surface area contributed by atoms with Crippen molar-refractivity contribution in [2.45, 2.75) is 39.2 Å². The van der Waals surface area contributed by atoms with Crippen LogP contribution in [0.2, 0.25) is 0 Å². The fraction of sp³-hybridized carbons (Fsp3) is 0.450. The summed E-state index contributed by atoms with van der Waals surface area (Å²) in [4.78, 5) is 31.3. The molecule has 7 heteroatoms. The molecule has 1 aliphatic heterocycles. The van der Waals surface area contributed by atoms with Crippen molar-refractivity contribution in [2.75, 3.05) is 19.8 Å². The quantitative estimate of drug-likeness (QED) is 0.823. The Morgan fingerprint density at radius 1 is 1.22 bits per heavy atom. The minimum atomic E-state index is -0.992. The van der Waals surface area contributed by atoms with Crippen molar-refractivity contribution in [1.29, 1.82) is 0 Å². The Bertz CT molecular complexity index is 810. The third-order valence-electron chi connectivity index (χ3n) is 4.70. The summed E-state index contributed by atoms with van der Waals surface area (Å²) in [6, 6.07) is 7.97. The first-order valence-electron chi connectivity index (χ1n) is 9.06. The highest BCUT2D eigenvalue weighted by Gasteiger charge is 2.28. The second-order valence-corrected chi connectivity index (χ2v) is 8.09. The number of hydrogen-bond donors (Lipinski definition) is 1. The van der Waals surface area contributed by atoms with Crippen molar-refractivity contribution in [3.63, 3.8) is 0 Å². The first-order valence-corrected chi connectivity index (χ1v) is 9.88. The van der Waals surface area contributed by atoms with Gasteiger partial charge in [0, 0.05) is 29.7 Å². The molecule has 0 bridgehead atoms. The number of amides is 1. The van der Waals surface area contributed by atoms with E-state index >= 15 is 0 Å². The molecule has 144 valence electrons. The number of ether oxygens (including phenoxy) is 1. The molecule has 1 saturated heterocycles. The Kier molecular flexibility index (Phi) is 6.23. The molecule has 27 heavy (non-hydrogen) atoms. The maximum absolute atomic E-state index is 13.0. The van der Waals surface area contributed by atoms with Crippen LogP contribution in [0.5, 0.6) is 0 Å². The Labute approximate surface area is 162 Å². The van der Waals surface area contributed by atoms with Crippen molar-refractivity contribution in [3.8, 4) is 11.3 Å². The maximum atomic E-state index is 13.0. The first kappa shape index (κ1) is 19.5. The Morgan fingerprint density at radius 3 is 2.52 bits per heavy atom. The predicted molar refractivity (Wildman–Crippen MR) is 104 cm³/mol. The van der Waals surface area contributed by atoms with Crippen molar-refractivity contribution in [1.82, 2.24) is 9.88 Å². The SMILES string of the molecule is Cc1ccc(-c2nc(C)sc2CC(=O)N(CC(=O)O)C2CCOCC2)cc1. The first-order chi connectivity index (χ1) is 12.9. The van der Waals surface area contributed by atoms with E-state index in [1.807, 2.05) is 38.1 Å². The Balaban J connectivity index is 1.83. The fourth-order valence-electron chi connectivity index (χ4n) is 3.33. The lowest BCUT2D eigenvalue weighted by atomic mass is 10.0. The molecule has 2 heterocycles. The Hall–Kier alpha value is -2.25. The van der Waals surface area contributed by atoms with Crippen LogP contribution in [0, 0.1) is 13.8 Å².